The zero-order valence-corrected chi connectivity index (χ0v) is 12.8. The third-order valence-corrected chi connectivity index (χ3v) is 3.20. The van der Waals surface area contributed by atoms with E-state index < -0.39 is 0 Å². The summed E-state index contributed by atoms with van der Waals surface area (Å²) in [6.07, 6.45) is 0.851. The molecule has 0 aliphatic heterocycles. The van der Waals surface area contributed by atoms with E-state index in [-0.39, 0.29) is 18.4 Å². The molecule has 0 saturated heterocycles. The standard InChI is InChI=1S/C16H24N2O2/c1-5-10-17(14(4)19)12-16(20)18(6-2)15-9-7-8-13(3)11-15/h7-9,11H,5-6,10,12H2,1-4H3. The molecule has 4 nitrogen and oxygen atoms in total. The Labute approximate surface area is 121 Å². The summed E-state index contributed by atoms with van der Waals surface area (Å²) < 4.78 is 0. The zero-order chi connectivity index (χ0) is 15.1. The summed E-state index contributed by atoms with van der Waals surface area (Å²) in [6, 6.07) is 7.85. The molecule has 20 heavy (non-hydrogen) atoms. The van der Waals surface area contributed by atoms with E-state index >= 15 is 0 Å². The first-order valence-electron chi connectivity index (χ1n) is 7.12. The second-order valence-electron chi connectivity index (χ2n) is 4.92. The lowest BCUT2D eigenvalue weighted by Gasteiger charge is -2.26. The SMILES string of the molecule is CCCN(CC(=O)N(CC)c1cccc(C)c1)C(C)=O. The van der Waals surface area contributed by atoms with E-state index in [2.05, 4.69) is 0 Å². The number of carbonyl (C=O) groups excluding carboxylic acids is 2. The maximum atomic E-state index is 12.4. The van der Waals surface area contributed by atoms with Crippen molar-refractivity contribution in [2.24, 2.45) is 0 Å². The molecule has 0 spiro atoms. The van der Waals surface area contributed by atoms with Gasteiger partial charge in [0.15, 0.2) is 0 Å². The molecule has 0 radical (unpaired) electrons. The molecule has 2 amide bonds. The second-order valence-corrected chi connectivity index (χ2v) is 4.92. The van der Waals surface area contributed by atoms with Gasteiger partial charge in [0.1, 0.15) is 6.54 Å². The summed E-state index contributed by atoms with van der Waals surface area (Å²) >= 11 is 0. The third kappa shape index (κ3) is 4.37. The Balaban J connectivity index is 2.84. The van der Waals surface area contributed by atoms with E-state index in [1.54, 1.807) is 9.80 Å². The van der Waals surface area contributed by atoms with Crippen molar-refractivity contribution in [3.8, 4) is 0 Å². The smallest absolute Gasteiger partial charge is 0.246 e. The van der Waals surface area contributed by atoms with Gasteiger partial charge < -0.3 is 9.80 Å². The van der Waals surface area contributed by atoms with Crippen molar-refractivity contribution in [2.75, 3.05) is 24.5 Å². The van der Waals surface area contributed by atoms with Crippen molar-refractivity contribution in [3.63, 3.8) is 0 Å². The average Bonchev–Trinajstić information content (AvgIpc) is 2.39. The molecule has 1 rings (SSSR count). The van der Waals surface area contributed by atoms with Gasteiger partial charge >= 0.3 is 0 Å². The summed E-state index contributed by atoms with van der Waals surface area (Å²) in [5, 5.41) is 0. The van der Waals surface area contributed by atoms with Gasteiger partial charge in [-0.15, -0.1) is 0 Å². The molecule has 0 bridgehead atoms. The van der Waals surface area contributed by atoms with Gasteiger partial charge in [-0.25, -0.2) is 0 Å². The van der Waals surface area contributed by atoms with Gasteiger partial charge in [-0.2, -0.15) is 0 Å². The monoisotopic (exact) mass is 276 g/mol. The quantitative estimate of drug-likeness (QED) is 0.801. The van der Waals surface area contributed by atoms with Crippen LogP contribution in [-0.2, 0) is 9.59 Å². The Hall–Kier alpha value is -1.84. The first-order chi connectivity index (χ1) is 9.49. The van der Waals surface area contributed by atoms with Crippen molar-refractivity contribution in [1.82, 2.24) is 4.90 Å². The maximum absolute atomic E-state index is 12.4. The summed E-state index contributed by atoms with van der Waals surface area (Å²) in [5.74, 6) is -0.0951. The molecule has 0 heterocycles. The number of aryl methyl sites for hydroxylation is 1. The molecule has 1 aromatic carbocycles. The second kappa shape index (κ2) is 7.68. The van der Waals surface area contributed by atoms with Crippen molar-refractivity contribution in [2.45, 2.75) is 34.1 Å². The topological polar surface area (TPSA) is 40.6 Å². The van der Waals surface area contributed by atoms with Gasteiger partial charge in [0.2, 0.25) is 11.8 Å². The Morgan fingerprint density at radius 1 is 1.20 bits per heavy atom. The minimum absolute atomic E-state index is 0.0400. The summed E-state index contributed by atoms with van der Waals surface area (Å²) in [7, 11) is 0. The lowest BCUT2D eigenvalue weighted by Crippen LogP contribution is -2.42. The van der Waals surface area contributed by atoms with Crippen LogP contribution in [0.25, 0.3) is 0 Å². The first-order valence-corrected chi connectivity index (χ1v) is 7.12. The summed E-state index contributed by atoms with van der Waals surface area (Å²) in [4.78, 5) is 27.3. The van der Waals surface area contributed by atoms with Crippen molar-refractivity contribution in [3.05, 3.63) is 29.8 Å². The fourth-order valence-corrected chi connectivity index (χ4v) is 2.17. The summed E-state index contributed by atoms with van der Waals surface area (Å²) in [6.45, 7) is 8.81. The Bertz CT molecular complexity index is 471. The molecule has 0 aliphatic rings. The van der Waals surface area contributed by atoms with Crippen LogP contribution in [0.3, 0.4) is 0 Å². The van der Waals surface area contributed by atoms with Crippen molar-refractivity contribution >= 4 is 17.5 Å². The molecule has 1 aromatic rings. The van der Waals surface area contributed by atoms with Crippen LogP contribution in [-0.4, -0.2) is 36.3 Å². The van der Waals surface area contributed by atoms with Gasteiger partial charge in [0.05, 0.1) is 0 Å². The Morgan fingerprint density at radius 3 is 2.40 bits per heavy atom. The molecule has 0 aromatic heterocycles. The van der Waals surface area contributed by atoms with Gasteiger partial charge in [-0.3, -0.25) is 9.59 Å². The molecule has 4 heteroatoms. The number of likely N-dealkylation sites (N-methyl/N-ethyl adjacent to an activating group) is 1. The van der Waals surface area contributed by atoms with Gasteiger partial charge in [-0.1, -0.05) is 19.1 Å². The normalized spacial score (nSPS) is 10.2. The molecule has 0 aliphatic carbocycles. The number of hydrogen-bond acceptors (Lipinski definition) is 2. The molecule has 0 N–H and O–H groups in total. The molecular formula is C16H24N2O2. The zero-order valence-electron chi connectivity index (χ0n) is 12.8. The fourth-order valence-electron chi connectivity index (χ4n) is 2.17. The third-order valence-electron chi connectivity index (χ3n) is 3.20. The number of benzene rings is 1. The van der Waals surface area contributed by atoms with Crippen molar-refractivity contribution < 1.29 is 9.59 Å². The lowest BCUT2D eigenvalue weighted by atomic mass is 10.2. The molecule has 110 valence electrons. The maximum Gasteiger partial charge on any atom is 0.246 e. The van der Waals surface area contributed by atoms with E-state index in [0.717, 1.165) is 17.7 Å². The number of nitrogens with zero attached hydrogens (tertiary/aromatic N) is 2. The number of rotatable bonds is 6. The predicted molar refractivity (Wildman–Crippen MR) is 81.8 cm³/mol. The van der Waals surface area contributed by atoms with E-state index in [1.807, 2.05) is 45.0 Å². The number of anilines is 1. The first kappa shape index (κ1) is 16.2. The van der Waals surface area contributed by atoms with Crippen LogP contribution in [0.1, 0.15) is 32.8 Å². The summed E-state index contributed by atoms with van der Waals surface area (Å²) in [5.41, 5.74) is 2.00. The average molecular weight is 276 g/mol. The molecule has 0 saturated carbocycles. The molecule has 0 unspecified atom stereocenters. The van der Waals surface area contributed by atoms with Crippen LogP contribution in [0.15, 0.2) is 24.3 Å². The highest BCUT2D eigenvalue weighted by atomic mass is 16.2. The van der Waals surface area contributed by atoms with Crippen LogP contribution >= 0.6 is 0 Å². The van der Waals surface area contributed by atoms with Crippen LogP contribution in [0.2, 0.25) is 0 Å². The Kier molecular flexibility index (Phi) is 6.22. The minimum Gasteiger partial charge on any atom is -0.334 e. The van der Waals surface area contributed by atoms with Crippen LogP contribution in [0.5, 0.6) is 0 Å². The van der Waals surface area contributed by atoms with E-state index in [9.17, 15) is 9.59 Å². The number of hydrogen-bond donors (Lipinski definition) is 0. The predicted octanol–water partition coefficient (Wildman–Crippen LogP) is 2.61. The fraction of sp³-hybridized carbons (Fsp3) is 0.500. The molecule has 0 fully saturated rings. The van der Waals surface area contributed by atoms with Crippen LogP contribution in [0.4, 0.5) is 5.69 Å². The largest absolute Gasteiger partial charge is 0.334 e. The van der Waals surface area contributed by atoms with E-state index in [0.29, 0.717) is 13.1 Å². The highest BCUT2D eigenvalue weighted by Gasteiger charge is 2.18. The molecular weight excluding hydrogens is 252 g/mol. The van der Waals surface area contributed by atoms with Crippen LogP contribution < -0.4 is 4.90 Å². The van der Waals surface area contributed by atoms with Gasteiger partial charge in [0.25, 0.3) is 0 Å². The lowest BCUT2D eigenvalue weighted by molar-refractivity contribution is -0.133. The van der Waals surface area contributed by atoms with Gasteiger partial charge in [0, 0.05) is 25.7 Å². The van der Waals surface area contributed by atoms with E-state index in [4.69, 9.17) is 0 Å². The minimum atomic E-state index is -0.0551. The highest BCUT2D eigenvalue weighted by Crippen LogP contribution is 2.16. The van der Waals surface area contributed by atoms with Crippen LogP contribution in [0, 0.1) is 6.92 Å². The number of amides is 2. The molecule has 0 atom stereocenters. The van der Waals surface area contributed by atoms with E-state index in [1.165, 1.54) is 6.92 Å². The van der Waals surface area contributed by atoms with Gasteiger partial charge in [-0.05, 0) is 38.0 Å². The highest BCUT2D eigenvalue weighted by molar-refractivity contribution is 5.96. The Morgan fingerprint density at radius 2 is 1.90 bits per heavy atom. The number of carbonyl (C=O) groups is 2. The van der Waals surface area contributed by atoms with Crippen molar-refractivity contribution in [1.29, 1.82) is 0 Å².